The van der Waals surface area contributed by atoms with Gasteiger partial charge in [-0.25, -0.2) is 0 Å². The standard InChI is InChI=1S/C28H33N3O3/c1-28(2,3)34-26(32)13-9-4-5-10-16-30-27(33)25-18-23-17-22(19-29)14-15-24(23)31(25)20-21-11-7-6-8-12-21/h6-8,11-12,14-15,17-18H,4-5,9-10,13,16,20H2,1-3H3,(H,30,33). The summed E-state index contributed by atoms with van der Waals surface area (Å²) in [5.41, 5.74) is 2.74. The van der Waals surface area contributed by atoms with Crippen molar-refractivity contribution in [1.82, 2.24) is 9.88 Å². The van der Waals surface area contributed by atoms with Crippen LogP contribution in [0.3, 0.4) is 0 Å². The van der Waals surface area contributed by atoms with Crippen LogP contribution in [-0.4, -0.2) is 28.6 Å². The van der Waals surface area contributed by atoms with Gasteiger partial charge in [0.25, 0.3) is 5.91 Å². The van der Waals surface area contributed by atoms with E-state index in [1.165, 1.54) is 0 Å². The summed E-state index contributed by atoms with van der Waals surface area (Å²) in [6, 6.07) is 19.5. The van der Waals surface area contributed by atoms with Crippen LogP contribution in [0.2, 0.25) is 0 Å². The summed E-state index contributed by atoms with van der Waals surface area (Å²) in [5, 5.41) is 13.1. The maximum absolute atomic E-state index is 13.0. The SMILES string of the molecule is CC(C)(C)OC(=O)CCCCCCNC(=O)c1cc2cc(C#N)ccc2n1Cc1ccccc1. The van der Waals surface area contributed by atoms with Crippen LogP contribution in [0, 0.1) is 11.3 Å². The number of amides is 1. The Bertz CT molecular complexity index is 1170. The number of nitrogens with zero attached hydrogens (tertiary/aromatic N) is 2. The largest absolute Gasteiger partial charge is 0.460 e. The summed E-state index contributed by atoms with van der Waals surface area (Å²) < 4.78 is 7.33. The van der Waals surface area contributed by atoms with Crippen LogP contribution in [0.4, 0.5) is 0 Å². The van der Waals surface area contributed by atoms with Crippen molar-refractivity contribution < 1.29 is 14.3 Å². The fourth-order valence-corrected chi connectivity index (χ4v) is 3.90. The molecule has 0 unspecified atom stereocenters. The number of carbonyl (C=O) groups excluding carboxylic acids is 2. The summed E-state index contributed by atoms with van der Waals surface area (Å²) in [6.45, 7) is 6.76. The lowest BCUT2D eigenvalue weighted by Gasteiger charge is -2.19. The molecule has 1 aromatic heterocycles. The Kier molecular flexibility index (Phi) is 8.48. The lowest BCUT2D eigenvalue weighted by Crippen LogP contribution is -2.27. The minimum absolute atomic E-state index is 0.126. The Labute approximate surface area is 201 Å². The van der Waals surface area contributed by atoms with Crippen molar-refractivity contribution in [1.29, 1.82) is 5.26 Å². The fourth-order valence-electron chi connectivity index (χ4n) is 3.90. The third-order valence-corrected chi connectivity index (χ3v) is 5.46. The van der Waals surface area contributed by atoms with E-state index in [0.29, 0.717) is 30.8 Å². The lowest BCUT2D eigenvalue weighted by molar-refractivity contribution is -0.154. The number of unbranched alkanes of at least 4 members (excludes halogenated alkanes) is 3. The molecule has 3 rings (SSSR count). The molecule has 0 bridgehead atoms. The van der Waals surface area contributed by atoms with Gasteiger partial charge >= 0.3 is 5.97 Å². The van der Waals surface area contributed by atoms with E-state index >= 15 is 0 Å². The average Bonchev–Trinajstić information content (AvgIpc) is 3.15. The van der Waals surface area contributed by atoms with E-state index in [9.17, 15) is 14.9 Å². The molecule has 0 saturated heterocycles. The summed E-state index contributed by atoms with van der Waals surface area (Å²) in [7, 11) is 0. The highest BCUT2D eigenvalue weighted by Gasteiger charge is 2.17. The van der Waals surface area contributed by atoms with Gasteiger partial charge in [0.1, 0.15) is 11.3 Å². The zero-order chi connectivity index (χ0) is 24.6. The molecule has 0 fully saturated rings. The van der Waals surface area contributed by atoms with Gasteiger partial charge in [0, 0.05) is 30.4 Å². The molecule has 0 atom stereocenters. The highest BCUT2D eigenvalue weighted by atomic mass is 16.6. The van der Waals surface area contributed by atoms with Crippen molar-refractivity contribution in [3.05, 3.63) is 71.4 Å². The Hall–Kier alpha value is -3.59. The molecule has 178 valence electrons. The molecule has 6 nitrogen and oxygen atoms in total. The molecule has 0 saturated carbocycles. The van der Waals surface area contributed by atoms with Crippen molar-refractivity contribution in [2.75, 3.05) is 6.54 Å². The van der Waals surface area contributed by atoms with Gasteiger partial charge in [-0.15, -0.1) is 0 Å². The Morgan fingerprint density at radius 1 is 1.00 bits per heavy atom. The topological polar surface area (TPSA) is 84.1 Å². The summed E-state index contributed by atoms with van der Waals surface area (Å²) in [4.78, 5) is 24.8. The molecule has 0 spiro atoms. The van der Waals surface area contributed by atoms with Crippen LogP contribution < -0.4 is 5.32 Å². The molecular formula is C28H33N3O3. The number of rotatable bonds is 10. The second-order valence-corrected chi connectivity index (χ2v) is 9.49. The molecule has 6 heteroatoms. The first kappa shape index (κ1) is 25.0. The van der Waals surface area contributed by atoms with E-state index in [2.05, 4.69) is 11.4 Å². The zero-order valence-corrected chi connectivity index (χ0v) is 20.3. The summed E-state index contributed by atoms with van der Waals surface area (Å²) >= 11 is 0. The minimum atomic E-state index is -0.444. The number of fused-ring (bicyclic) bond motifs is 1. The summed E-state index contributed by atoms with van der Waals surface area (Å²) in [5.74, 6) is -0.286. The average molecular weight is 460 g/mol. The number of hydrogen-bond acceptors (Lipinski definition) is 4. The van der Waals surface area contributed by atoms with Gasteiger partial charge in [-0.3, -0.25) is 9.59 Å². The first-order valence-corrected chi connectivity index (χ1v) is 11.8. The number of aromatic nitrogens is 1. The molecule has 2 aromatic carbocycles. The second-order valence-electron chi connectivity index (χ2n) is 9.49. The predicted octanol–water partition coefficient (Wildman–Crippen LogP) is 5.58. The van der Waals surface area contributed by atoms with Gasteiger partial charge in [-0.05, 0) is 63.4 Å². The molecule has 0 aliphatic heterocycles. The first-order chi connectivity index (χ1) is 16.3. The Morgan fingerprint density at radius 3 is 2.44 bits per heavy atom. The molecule has 1 amide bonds. The highest BCUT2D eigenvalue weighted by Crippen LogP contribution is 2.23. The van der Waals surface area contributed by atoms with E-state index in [4.69, 9.17) is 4.74 Å². The van der Waals surface area contributed by atoms with E-state index in [0.717, 1.165) is 42.1 Å². The number of ether oxygens (including phenoxy) is 1. The zero-order valence-electron chi connectivity index (χ0n) is 20.3. The number of esters is 1. The van der Waals surface area contributed by atoms with Crippen molar-refractivity contribution in [2.45, 2.75) is 65.0 Å². The van der Waals surface area contributed by atoms with Crippen LogP contribution in [0.25, 0.3) is 10.9 Å². The van der Waals surface area contributed by atoms with E-state index in [-0.39, 0.29) is 11.9 Å². The lowest BCUT2D eigenvalue weighted by atomic mass is 10.1. The highest BCUT2D eigenvalue weighted by molar-refractivity contribution is 5.99. The third-order valence-electron chi connectivity index (χ3n) is 5.46. The van der Waals surface area contributed by atoms with Crippen LogP contribution in [0.1, 0.15) is 74.5 Å². The van der Waals surface area contributed by atoms with Gasteiger partial charge < -0.3 is 14.6 Å². The van der Waals surface area contributed by atoms with Crippen LogP contribution in [0.15, 0.2) is 54.6 Å². The number of benzene rings is 2. The van der Waals surface area contributed by atoms with Crippen molar-refractivity contribution in [3.8, 4) is 6.07 Å². The summed E-state index contributed by atoms with van der Waals surface area (Å²) in [6.07, 6.45) is 3.91. The van der Waals surface area contributed by atoms with Gasteiger partial charge in [0.05, 0.1) is 11.6 Å². The minimum Gasteiger partial charge on any atom is -0.460 e. The maximum Gasteiger partial charge on any atom is 0.306 e. The van der Waals surface area contributed by atoms with Gasteiger partial charge in [0.15, 0.2) is 0 Å². The number of hydrogen-bond donors (Lipinski definition) is 1. The van der Waals surface area contributed by atoms with Gasteiger partial charge in [-0.1, -0.05) is 43.2 Å². The first-order valence-electron chi connectivity index (χ1n) is 11.8. The van der Waals surface area contributed by atoms with E-state index < -0.39 is 5.60 Å². The molecule has 0 aliphatic rings. The van der Waals surface area contributed by atoms with Crippen molar-refractivity contribution >= 4 is 22.8 Å². The van der Waals surface area contributed by atoms with Crippen LogP contribution >= 0.6 is 0 Å². The molecule has 1 heterocycles. The molecule has 34 heavy (non-hydrogen) atoms. The quantitative estimate of drug-likeness (QED) is 0.317. The van der Waals surface area contributed by atoms with Gasteiger partial charge in [0.2, 0.25) is 0 Å². The Balaban J connectivity index is 1.56. The number of carbonyl (C=O) groups is 2. The smallest absolute Gasteiger partial charge is 0.306 e. The Morgan fingerprint density at radius 2 is 1.74 bits per heavy atom. The van der Waals surface area contributed by atoms with Crippen LogP contribution in [0.5, 0.6) is 0 Å². The predicted molar refractivity (Wildman–Crippen MR) is 133 cm³/mol. The van der Waals surface area contributed by atoms with Gasteiger partial charge in [-0.2, -0.15) is 5.26 Å². The van der Waals surface area contributed by atoms with Crippen LogP contribution in [-0.2, 0) is 16.1 Å². The normalized spacial score (nSPS) is 11.2. The molecule has 0 aliphatic carbocycles. The monoisotopic (exact) mass is 459 g/mol. The molecule has 0 radical (unpaired) electrons. The maximum atomic E-state index is 13.0. The number of nitrogens with one attached hydrogen (secondary N) is 1. The third kappa shape index (κ3) is 7.21. The molecular weight excluding hydrogens is 426 g/mol. The fraction of sp³-hybridized carbons (Fsp3) is 0.393. The number of nitriles is 1. The molecule has 1 N–H and O–H groups in total. The van der Waals surface area contributed by atoms with E-state index in [1.54, 1.807) is 6.07 Å². The van der Waals surface area contributed by atoms with Crippen molar-refractivity contribution in [3.63, 3.8) is 0 Å². The molecule has 3 aromatic rings. The van der Waals surface area contributed by atoms with E-state index in [1.807, 2.05) is 73.9 Å². The second kappa shape index (κ2) is 11.5. The van der Waals surface area contributed by atoms with Crippen molar-refractivity contribution in [2.24, 2.45) is 0 Å².